The Morgan fingerprint density at radius 3 is 2.39 bits per heavy atom. The van der Waals surface area contributed by atoms with Crippen LogP contribution in [0, 0.1) is 6.92 Å². The topological polar surface area (TPSA) is 52.1 Å². The van der Waals surface area contributed by atoms with Gasteiger partial charge >= 0.3 is 5.97 Å². The van der Waals surface area contributed by atoms with Crippen LogP contribution in [0.15, 0.2) is 48.8 Å². The molecule has 0 aliphatic heterocycles. The lowest BCUT2D eigenvalue weighted by Crippen LogP contribution is -2.13. The molecule has 0 radical (unpaired) electrons. The highest BCUT2D eigenvalue weighted by Gasteiger charge is 2.17. The summed E-state index contributed by atoms with van der Waals surface area (Å²) in [6.45, 7) is 8.36. The maximum Gasteiger partial charge on any atom is 0.337 e. The molecule has 0 unspecified atom stereocenters. The zero-order valence-electron chi connectivity index (χ0n) is 16.7. The number of nitrogens with zero attached hydrogens (tertiary/aromatic N) is 2. The van der Waals surface area contributed by atoms with Crippen molar-refractivity contribution in [3.05, 3.63) is 70.8 Å². The van der Waals surface area contributed by atoms with Crippen LogP contribution in [0.1, 0.15) is 42.5 Å². The Hall–Kier alpha value is -2.72. The number of hydrogen-bond donors (Lipinski definition) is 0. The lowest BCUT2D eigenvalue weighted by Gasteiger charge is -2.18. The quantitative estimate of drug-likeness (QED) is 0.522. The van der Waals surface area contributed by atoms with Gasteiger partial charge in [-0.3, -0.25) is 9.97 Å². The molecule has 0 saturated carbocycles. The predicted octanol–water partition coefficient (Wildman–Crippen LogP) is 5.86. The first kappa shape index (κ1) is 20.0. The number of carbonyl (C=O) groups excluding carboxylic acids is 1. The molecular formula is C23H23ClN2O2. The minimum Gasteiger partial charge on any atom is -0.465 e. The van der Waals surface area contributed by atoms with Crippen LogP contribution in [0.4, 0.5) is 0 Å². The maximum absolute atomic E-state index is 11.7. The molecule has 0 aliphatic carbocycles. The molecule has 144 valence electrons. The molecule has 28 heavy (non-hydrogen) atoms. The van der Waals surface area contributed by atoms with E-state index < -0.39 is 5.97 Å². The summed E-state index contributed by atoms with van der Waals surface area (Å²) in [6.07, 6.45) is 3.69. The summed E-state index contributed by atoms with van der Waals surface area (Å²) in [7, 11) is 1.35. The second-order valence-corrected chi connectivity index (χ2v) is 8.13. The van der Waals surface area contributed by atoms with Crippen molar-refractivity contribution < 1.29 is 9.53 Å². The average Bonchev–Trinajstić information content (AvgIpc) is 2.67. The highest BCUT2D eigenvalue weighted by atomic mass is 35.5. The Balaban J connectivity index is 2.07. The van der Waals surface area contributed by atoms with Gasteiger partial charge in [-0.2, -0.15) is 0 Å². The van der Waals surface area contributed by atoms with E-state index >= 15 is 0 Å². The largest absolute Gasteiger partial charge is 0.465 e. The van der Waals surface area contributed by atoms with Crippen molar-refractivity contribution in [1.29, 1.82) is 0 Å². The van der Waals surface area contributed by atoms with Gasteiger partial charge in [-0.25, -0.2) is 4.79 Å². The maximum atomic E-state index is 11.7. The zero-order valence-corrected chi connectivity index (χ0v) is 17.5. The van der Waals surface area contributed by atoms with Gasteiger partial charge in [-0.1, -0.05) is 38.4 Å². The lowest BCUT2D eigenvalue weighted by atomic mass is 9.90. The van der Waals surface area contributed by atoms with Crippen LogP contribution in [-0.4, -0.2) is 23.0 Å². The average molecular weight is 395 g/mol. The van der Waals surface area contributed by atoms with Gasteiger partial charge in [0.1, 0.15) is 0 Å². The van der Waals surface area contributed by atoms with Crippen molar-refractivity contribution in [3.63, 3.8) is 0 Å². The Kier molecular flexibility index (Phi) is 5.52. The fourth-order valence-corrected chi connectivity index (χ4v) is 3.24. The number of esters is 1. The summed E-state index contributed by atoms with van der Waals surface area (Å²) in [4.78, 5) is 20.8. The third kappa shape index (κ3) is 4.07. The number of aromatic nitrogens is 2. The van der Waals surface area contributed by atoms with E-state index in [0.717, 1.165) is 33.6 Å². The SMILES string of the molecule is COC(=O)c1ccc(-c2cc(-c3ccnc(C(C)(C)C)c3)cnc2C)c(Cl)c1. The normalized spacial score (nSPS) is 11.4. The summed E-state index contributed by atoms with van der Waals surface area (Å²) < 4.78 is 4.76. The third-order valence-electron chi connectivity index (χ3n) is 4.63. The molecule has 0 aliphatic rings. The van der Waals surface area contributed by atoms with Crippen LogP contribution in [-0.2, 0) is 10.2 Å². The molecule has 0 saturated heterocycles. The van der Waals surface area contributed by atoms with E-state index in [1.165, 1.54) is 7.11 Å². The molecule has 1 aromatic carbocycles. The van der Waals surface area contributed by atoms with Gasteiger partial charge in [0.25, 0.3) is 0 Å². The second kappa shape index (κ2) is 7.72. The number of methoxy groups -OCH3 is 1. The van der Waals surface area contributed by atoms with Crippen molar-refractivity contribution in [2.45, 2.75) is 33.1 Å². The Morgan fingerprint density at radius 1 is 1.00 bits per heavy atom. The standard InChI is InChI=1S/C23H23ClN2O2/c1-14-19(18-7-6-16(11-20(18)24)22(27)28-5)10-17(13-26-14)15-8-9-25-21(12-15)23(2,3)4/h6-13H,1-5H3. The monoisotopic (exact) mass is 394 g/mol. The minimum absolute atomic E-state index is 0.0377. The molecule has 2 aromatic heterocycles. The molecular weight excluding hydrogens is 372 g/mol. The first-order chi connectivity index (χ1) is 13.2. The first-order valence-corrected chi connectivity index (χ1v) is 9.40. The van der Waals surface area contributed by atoms with E-state index in [9.17, 15) is 4.79 Å². The molecule has 3 rings (SSSR count). The number of hydrogen-bond acceptors (Lipinski definition) is 4. The molecule has 0 atom stereocenters. The Labute approximate surface area is 170 Å². The molecule has 0 fully saturated rings. The summed E-state index contributed by atoms with van der Waals surface area (Å²) in [5.74, 6) is -0.413. The lowest BCUT2D eigenvalue weighted by molar-refractivity contribution is 0.0601. The summed E-state index contributed by atoms with van der Waals surface area (Å²) in [5, 5.41) is 0.482. The number of halogens is 1. The molecule has 5 heteroatoms. The fraction of sp³-hybridized carbons (Fsp3) is 0.261. The highest BCUT2D eigenvalue weighted by molar-refractivity contribution is 6.33. The van der Waals surface area contributed by atoms with Gasteiger partial charge in [0.05, 0.1) is 12.7 Å². The van der Waals surface area contributed by atoms with Gasteiger partial charge in [0, 0.05) is 50.9 Å². The number of carbonyl (C=O) groups is 1. The minimum atomic E-state index is -0.413. The van der Waals surface area contributed by atoms with Crippen LogP contribution >= 0.6 is 11.6 Å². The number of pyridine rings is 2. The van der Waals surface area contributed by atoms with Crippen molar-refractivity contribution in [3.8, 4) is 22.3 Å². The second-order valence-electron chi connectivity index (χ2n) is 7.72. The third-order valence-corrected chi connectivity index (χ3v) is 4.94. The predicted molar refractivity (Wildman–Crippen MR) is 113 cm³/mol. The van der Waals surface area contributed by atoms with Crippen LogP contribution in [0.2, 0.25) is 5.02 Å². The Morgan fingerprint density at radius 2 is 1.75 bits per heavy atom. The van der Waals surface area contributed by atoms with E-state index in [2.05, 4.69) is 42.9 Å². The Bertz CT molecular complexity index is 1040. The molecule has 0 N–H and O–H groups in total. The van der Waals surface area contributed by atoms with E-state index in [4.69, 9.17) is 16.3 Å². The van der Waals surface area contributed by atoms with Crippen molar-refractivity contribution in [2.75, 3.05) is 7.11 Å². The van der Waals surface area contributed by atoms with Crippen molar-refractivity contribution >= 4 is 17.6 Å². The molecule has 0 amide bonds. The van der Waals surface area contributed by atoms with Gasteiger partial charge in [-0.05, 0) is 42.8 Å². The van der Waals surface area contributed by atoms with Gasteiger partial charge in [0.2, 0.25) is 0 Å². The van der Waals surface area contributed by atoms with E-state index in [-0.39, 0.29) is 5.41 Å². The van der Waals surface area contributed by atoms with Crippen LogP contribution in [0.25, 0.3) is 22.3 Å². The highest BCUT2D eigenvalue weighted by Crippen LogP contribution is 2.34. The number of aryl methyl sites for hydroxylation is 1. The van der Waals surface area contributed by atoms with E-state index in [0.29, 0.717) is 10.6 Å². The van der Waals surface area contributed by atoms with Crippen molar-refractivity contribution in [2.24, 2.45) is 0 Å². The zero-order chi connectivity index (χ0) is 20.5. The van der Waals surface area contributed by atoms with Crippen LogP contribution in [0.3, 0.4) is 0 Å². The van der Waals surface area contributed by atoms with Crippen LogP contribution in [0.5, 0.6) is 0 Å². The van der Waals surface area contributed by atoms with Gasteiger partial charge in [0.15, 0.2) is 0 Å². The van der Waals surface area contributed by atoms with E-state index in [1.54, 1.807) is 12.1 Å². The summed E-state index contributed by atoms with van der Waals surface area (Å²) >= 11 is 6.47. The number of ether oxygens (including phenoxy) is 1. The van der Waals surface area contributed by atoms with Gasteiger partial charge < -0.3 is 4.74 Å². The molecule has 0 bridgehead atoms. The molecule has 0 spiro atoms. The smallest absolute Gasteiger partial charge is 0.337 e. The van der Waals surface area contributed by atoms with Gasteiger partial charge in [-0.15, -0.1) is 0 Å². The summed E-state index contributed by atoms with van der Waals surface area (Å²) in [6, 6.07) is 11.3. The summed E-state index contributed by atoms with van der Waals surface area (Å²) in [5.41, 5.74) is 6.05. The molecule has 2 heterocycles. The number of benzene rings is 1. The van der Waals surface area contributed by atoms with E-state index in [1.807, 2.05) is 31.5 Å². The van der Waals surface area contributed by atoms with Crippen LogP contribution < -0.4 is 0 Å². The molecule has 4 nitrogen and oxygen atoms in total. The fourth-order valence-electron chi connectivity index (χ4n) is 2.96. The number of rotatable bonds is 3. The van der Waals surface area contributed by atoms with Crippen molar-refractivity contribution in [1.82, 2.24) is 9.97 Å². The molecule has 3 aromatic rings. The first-order valence-electron chi connectivity index (χ1n) is 9.02.